The molecule has 0 bridgehead atoms. The number of hydrogen-bond acceptors (Lipinski definition) is 5. The first-order valence-corrected chi connectivity index (χ1v) is 6.27. The standard InChI is InChI=1S/C13H11N3OS.ClH/c17-15-9-12-10-18-13(16-12)6-2-1-4-11-5-3-7-14-8-11;/h3,5,7-10,17H,1,4H2;1H/b15-9-;. The highest BCUT2D eigenvalue weighted by molar-refractivity contribution is 7.10. The molecule has 2 aromatic rings. The maximum atomic E-state index is 8.36. The molecule has 2 heterocycles. The monoisotopic (exact) mass is 293 g/mol. The van der Waals surface area contributed by atoms with E-state index >= 15 is 0 Å². The van der Waals surface area contributed by atoms with Gasteiger partial charge in [0.15, 0.2) is 5.01 Å². The summed E-state index contributed by atoms with van der Waals surface area (Å²) in [6, 6.07) is 3.96. The number of hydrogen-bond donors (Lipinski definition) is 1. The molecule has 6 heteroatoms. The van der Waals surface area contributed by atoms with Crippen LogP contribution in [0.3, 0.4) is 0 Å². The molecule has 98 valence electrons. The zero-order valence-corrected chi connectivity index (χ0v) is 11.6. The normalized spacial score (nSPS) is 9.68. The van der Waals surface area contributed by atoms with Crippen molar-refractivity contribution < 1.29 is 5.21 Å². The van der Waals surface area contributed by atoms with Crippen LogP contribution in [0.15, 0.2) is 35.1 Å². The molecule has 0 radical (unpaired) electrons. The predicted octanol–water partition coefficient (Wildman–Crippen LogP) is 2.75. The average Bonchev–Trinajstić information content (AvgIpc) is 2.84. The molecule has 0 aliphatic rings. The third kappa shape index (κ3) is 5.08. The zero-order valence-electron chi connectivity index (χ0n) is 9.98. The lowest BCUT2D eigenvalue weighted by atomic mass is 10.2. The van der Waals surface area contributed by atoms with Gasteiger partial charge in [-0.25, -0.2) is 4.98 Å². The number of halogens is 1. The van der Waals surface area contributed by atoms with E-state index in [-0.39, 0.29) is 12.4 Å². The molecule has 4 nitrogen and oxygen atoms in total. The first-order chi connectivity index (χ1) is 8.88. The van der Waals surface area contributed by atoms with Crippen LogP contribution in [-0.4, -0.2) is 21.4 Å². The van der Waals surface area contributed by atoms with Gasteiger partial charge >= 0.3 is 0 Å². The SMILES string of the molecule is Cl.O/N=C\c1csc(C#CCCc2cccnc2)n1. The van der Waals surface area contributed by atoms with Crippen LogP contribution in [0.4, 0.5) is 0 Å². The maximum absolute atomic E-state index is 8.36. The smallest absolute Gasteiger partial charge is 0.167 e. The summed E-state index contributed by atoms with van der Waals surface area (Å²) >= 11 is 1.44. The Labute approximate surface area is 121 Å². The third-order valence-electron chi connectivity index (χ3n) is 2.17. The molecule has 0 unspecified atom stereocenters. The first kappa shape index (κ1) is 15.2. The molecule has 0 aliphatic heterocycles. The highest BCUT2D eigenvalue weighted by Gasteiger charge is 1.95. The Bertz CT molecular complexity index is 587. The van der Waals surface area contributed by atoms with E-state index in [2.05, 4.69) is 27.0 Å². The van der Waals surface area contributed by atoms with Crippen LogP contribution in [0, 0.1) is 11.8 Å². The van der Waals surface area contributed by atoms with Crippen molar-refractivity contribution in [2.75, 3.05) is 0 Å². The lowest BCUT2D eigenvalue weighted by Crippen LogP contribution is -1.84. The molecule has 0 amide bonds. The van der Waals surface area contributed by atoms with Crippen molar-refractivity contribution in [2.24, 2.45) is 5.16 Å². The van der Waals surface area contributed by atoms with Gasteiger partial charge in [-0.3, -0.25) is 4.98 Å². The molecule has 0 atom stereocenters. The van der Waals surface area contributed by atoms with Crippen LogP contribution in [0.25, 0.3) is 0 Å². The van der Waals surface area contributed by atoms with Crippen LogP contribution in [0.5, 0.6) is 0 Å². The second-order valence-electron chi connectivity index (χ2n) is 3.49. The summed E-state index contributed by atoms with van der Waals surface area (Å²) in [4.78, 5) is 8.22. The van der Waals surface area contributed by atoms with Gasteiger partial charge in [0.05, 0.1) is 11.9 Å². The third-order valence-corrected chi connectivity index (χ3v) is 2.94. The van der Waals surface area contributed by atoms with Gasteiger partial charge in [-0.15, -0.1) is 23.7 Å². The summed E-state index contributed by atoms with van der Waals surface area (Å²) in [5.74, 6) is 6.06. The Hall–Kier alpha value is -1.90. The van der Waals surface area contributed by atoms with Gasteiger partial charge in [0.2, 0.25) is 0 Å². The van der Waals surface area contributed by atoms with Gasteiger partial charge in [-0.1, -0.05) is 17.1 Å². The largest absolute Gasteiger partial charge is 0.411 e. The van der Waals surface area contributed by atoms with Crippen LogP contribution in [0.2, 0.25) is 0 Å². The molecule has 0 spiro atoms. The molecule has 2 aromatic heterocycles. The van der Waals surface area contributed by atoms with Crippen molar-refractivity contribution in [2.45, 2.75) is 12.8 Å². The molecular formula is C13H12ClN3OS. The van der Waals surface area contributed by atoms with Crippen molar-refractivity contribution in [1.29, 1.82) is 0 Å². The van der Waals surface area contributed by atoms with Crippen molar-refractivity contribution in [3.63, 3.8) is 0 Å². The van der Waals surface area contributed by atoms with Gasteiger partial charge in [0.1, 0.15) is 0 Å². The molecule has 0 fully saturated rings. The van der Waals surface area contributed by atoms with E-state index in [0.717, 1.165) is 17.8 Å². The Balaban J connectivity index is 0.00000180. The minimum atomic E-state index is 0. The van der Waals surface area contributed by atoms with Crippen molar-refractivity contribution in [3.8, 4) is 11.8 Å². The molecule has 0 saturated carbocycles. The number of aromatic nitrogens is 2. The minimum absolute atomic E-state index is 0. The van der Waals surface area contributed by atoms with Crippen LogP contribution < -0.4 is 0 Å². The molecule has 0 aromatic carbocycles. The van der Waals surface area contributed by atoms with Crippen LogP contribution in [0.1, 0.15) is 22.7 Å². The predicted molar refractivity (Wildman–Crippen MR) is 78.2 cm³/mol. The van der Waals surface area contributed by atoms with Gasteiger partial charge in [0.25, 0.3) is 0 Å². The lowest BCUT2D eigenvalue weighted by Gasteiger charge is -1.93. The summed E-state index contributed by atoms with van der Waals surface area (Å²) in [5.41, 5.74) is 1.80. The summed E-state index contributed by atoms with van der Waals surface area (Å²) in [7, 11) is 0. The van der Waals surface area contributed by atoms with Gasteiger partial charge in [-0.05, 0) is 24.0 Å². The van der Waals surface area contributed by atoms with Crippen LogP contribution >= 0.6 is 23.7 Å². The fourth-order valence-electron chi connectivity index (χ4n) is 1.35. The quantitative estimate of drug-likeness (QED) is 0.410. The van der Waals surface area contributed by atoms with E-state index < -0.39 is 0 Å². The molecule has 1 N–H and O–H groups in total. The Morgan fingerprint density at radius 1 is 1.47 bits per heavy atom. The lowest BCUT2D eigenvalue weighted by molar-refractivity contribution is 0.321. The van der Waals surface area contributed by atoms with Gasteiger partial charge < -0.3 is 5.21 Å². The molecule has 0 aliphatic carbocycles. The van der Waals surface area contributed by atoms with E-state index in [0.29, 0.717) is 5.69 Å². The van der Waals surface area contributed by atoms with Crippen molar-refractivity contribution >= 4 is 30.0 Å². The van der Waals surface area contributed by atoms with Crippen molar-refractivity contribution in [3.05, 3.63) is 46.2 Å². The van der Waals surface area contributed by atoms with E-state index in [9.17, 15) is 0 Å². The van der Waals surface area contributed by atoms with Gasteiger partial charge in [0, 0.05) is 24.2 Å². The van der Waals surface area contributed by atoms with Gasteiger partial charge in [-0.2, -0.15) is 0 Å². The fourth-order valence-corrected chi connectivity index (χ4v) is 1.99. The highest BCUT2D eigenvalue weighted by Crippen LogP contribution is 2.06. The minimum Gasteiger partial charge on any atom is -0.411 e. The second-order valence-corrected chi connectivity index (χ2v) is 4.34. The van der Waals surface area contributed by atoms with Crippen LogP contribution in [-0.2, 0) is 6.42 Å². The summed E-state index contributed by atoms with van der Waals surface area (Å²) in [6.45, 7) is 0. The van der Waals surface area contributed by atoms with E-state index in [1.807, 2.05) is 18.3 Å². The second kappa shape index (κ2) is 8.25. The van der Waals surface area contributed by atoms with E-state index in [4.69, 9.17) is 5.21 Å². The molecule has 0 saturated heterocycles. The molecular weight excluding hydrogens is 282 g/mol. The average molecular weight is 294 g/mol. The number of rotatable bonds is 3. The summed E-state index contributed by atoms with van der Waals surface area (Å²) in [6.07, 6.45) is 6.55. The number of oxime groups is 1. The zero-order chi connectivity index (χ0) is 12.6. The summed E-state index contributed by atoms with van der Waals surface area (Å²) in [5, 5.41) is 13.8. The maximum Gasteiger partial charge on any atom is 0.167 e. The Kier molecular flexibility index (Phi) is 6.58. The number of nitrogens with zero attached hydrogens (tertiary/aromatic N) is 3. The summed E-state index contributed by atoms with van der Waals surface area (Å²) < 4.78 is 0. The Morgan fingerprint density at radius 2 is 2.37 bits per heavy atom. The number of aryl methyl sites for hydroxylation is 1. The first-order valence-electron chi connectivity index (χ1n) is 5.39. The fraction of sp³-hybridized carbons (Fsp3) is 0.154. The highest BCUT2D eigenvalue weighted by atomic mass is 35.5. The number of thiazole rings is 1. The van der Waals surface area contributed by atoms with E-state index in [1.165, 1.54) is 23.1 Å². The number of pyridine rings is 1. The van der Waals surface area contributed by atoms with Crippen molar-refractivity contribution in [1.82, 2.24) is 9.97 Å². The molecule has 2 rings (SSSR count). The van der Waals surface area contributed by atoms with E-state index in [1.54, 1.807) is 11.6 Å². The topological polar surface area (TPSA) is 58.4 Å². The molecule has 19 heavy (non-hydrogen) atoms. The Morgan fingerprint density at radius 3 is 3.11 bits per heavy atom.